The zero-order chi connectivity index (χ0) is 13.5. The SMILES string of the molecule is CSCC(=O)N[C@H](c1ccccc1)[C@H](C)C(=O)O. The molecule has 0 bridgehead atoms. The van der Waals surface area contributed by atoms with E-state index in [1.165, 1.54) is 11.8 Å². The van der Waals surface area contributed by atoms with Crippen LogP contribution in [0.4, 0.5) is 0 Å². The minimum atomic E-state index is -0.923. The Hall–Kier alpha value is -1.49. The molecule has 0 aliphatic carbocycles. The van der Waals surface area contributed by atoms with Crippen molar-refractivity contribution in [3.05, 3.63) is 35.9 Å². The lowest BCUT2D eigenvalue weighted by atomic mass is 9.94. The Bertz CT molecular complexity index is 408. The average Bonchev–Trinajstić information content (AvgIpc) is 2.36. The fourth-order valence-electron chi connectivity index (χ4n) is 1.65. The van der Waals surface area contributed by atoms with Gasteiger partial charge in [-0.25, -0.2) is 0 Å². The third-order valence-corrected chi connectivity index (χ3v) is 3.19. The molecular formula is C13H17NO3S. The lowest BCUT2D eigenvalue weighted by Gasteiger charge is -2.22. The number of rotatable bonds is 6. The van der Waals surface area contributed by atoms with Crippen LogP contribution in [0, 0.1) is 5.92 Å². The Morgan fingerprint density at radius 3 is 2.44 bits per heavy atom. The Morgan fingerprint density at radius 2 is 1.94 bits per heavy atom. The lowest BCUT2D eigenvalue weighted by molar-refractivity contribution is -0.142. The summed E-state index contributed by atoms with van der Waals surface area (Å²) in [7, 11) is 0. The van der Waals surface area contributed by atoms with Crippen LogP contribution in [0.15, 0.2) is 30.3 Å². The van der Waals surface area contributed by atoms with Gasteiger partial charge in [-0.3, -0.25) is 9.59 Å². The van der Waals surface area contributed by atoms with E-state index in [2.05, 4.69) is 5.32 Å². The van der Waals surface area contributed by atoms with Crippen LogP contribution in [0.1, 0.15) is 18.5 Å². The Labute approximate surface area is 111 Å². The lowest BCUT2D eigenvalue weighted by Crippen LogP contribution is -2.36. The highest BCUT2D eigenvalue weighted by molar-refractivity contribution is 7.99. The molecule has 0 fully saturated rings. The highest BCUT2D eigenvalue weighted by atomic mass is 32.2. The first kappa shape index (κ1) is 14.6. The van der Waals surface area contributed by atoms with Crippen molar-refractivity contribution in [2.75, 3.05) is 12.0 Å². The van der Waals surface area contributed by atoms with Gasteiger partial charge in [0.25, 0.3) is 0 Å². The normalized spacial score (nSPS) is 13.7. The molecule has 2 N–H and O–H groups in total. The molecule has 0 unspecified atom stereocenters. The first-order chi connectivity index (χ1) is 8.56. The average molecular weight is 267 g/mol. The molecule has 2 atom stereocenters. The van der Waals surface area contributed by atoms with Crippen molar-refractivity contribution in [3.8, 4) is 0 Å². The molecule has 5 heteroatoms. The number of amides is 1. The molecule has 18 heavy (non-hydrogen) atoms. The zero-order valence-corrected chi connectivity index (χ0v) is 11.2. The van der Waals surface area contributed by atoms with E-state index in [4.69, 9.17) is 5.11 Å². The fourth-order valence-corrected chi connectivity index (χ4v) is 1.99. The topological polar surface area (TPSA) is 66.4 Å². The van der Waals surface area contributed by atoms with Crippen molar-refractivity contribution in [2.24, 2.45) is 5.92 Å². The van der Waals surface area contributed by atoms with Crippen LogP contribution in [0.5, 0.6) is 0 Å². The molecule has 0 saturated heterocycles. The number of thioether (sulfide) groups is 1. The molecule has 0 saturated carbocycles. The van der Waals surface area contributed by atoms with E-state index in [0.717, 1.165) is 5.56 Å². The van der Waals surface area contributed by atoms with E-state index in [1.807, 2.05) is 36.6 Å². The van der Waals surface area contributed by atoms with Crippen molar-refractivity contribution in [1.82, 2.24) is 5.32 Å². The molecule has 1 amide bonds. The number of benzene rings is 1. The molecule has 1 aromatic carbocycles. The molecular weight excluding hydrogens is 250 g/mol. The molecule has 1 rings (SSSR count). The Balaban J connectivity index is 2.89. The Morgan fingerprint density at radius 1 is 1.33 bits per heavy atom. The smallest absolute Gasteiger partial charge is 0.308 e. The largest absolute Gasteiger partial charge is 0.481 e. The standard InChI is InChI=1S/C13H17NO3S/c1-9(13(16)17)12(14-11(15)8-18-2)10-6-4-3-5-7-10/h3-7,9,12H,8H2,1-2H3,(H,14,15)(H,16,17)/t9-,12-/m0/s1. The van der Waals surface area contributed by atoms with Crippen LogP contribution in [0.3, 0.4) is 0 Å². The maximum Gasteiger partial charge on any atom is 0.308 e. The summed E-state index contributed by atoms with van der Waals surface area (Å²) < 4.78 is 0. The van der Waals surface area contributed by atoms with E-state index in [-0.39, 0.29) is 5.91 Å². The third kappa shape index (κ3) is 4.07. The number of hydrogen-bond acceptors (Lipinski definition) is 3. The van der Waals surface area contributed by atoms with Crippen LogP contribution >= 0.6 is 11.8 Å². The van der Waals surface area contributed by atoms with E-state index in [0.29, 0.717) is 5.75 Å². The van der Waals surface area contributed by atoms with Crippen molar-refractivity contribution < 1.29 is 14.7 Å². The van der Waals surface area contributed by atoms with Crippen LogP contribution in [-0.2, 0) is 9.59 Å². The van der Waals surface area contributed by atoms with Crippen molar-refractivity contribution in [3.63, 3.8) is 0 Å². The number of carbonyl (C=O) groups excluding carboxylic acids is 1. The zero-order valence-electron chi connectivity index (χ0n) is 10.4. The van der Waals surface area contributed by atoms with Gasteiger partial charge < -0.3 is 10.4 Å². The van der Waals surface area contributed by atoms with Crippen LogP contribution in [-0.4, -0.2) is 29.0 Å². The second-order valence-electron chi connectivity index (χ2n) is 4.02. The van der Waals surface area contributed by atoms with Gasteiger partial charge in [0.05, 0.1) is 17.7 Å². The van der Waals surface area contributed by atoms with Gasteiger partial charge in [0.1, 0.15) is 0 Å². The quantitative estimate of drug-likeness (QED) is 0.826. The number of carboxylic acids is 1. The summed E-state index contributed by atoms with van der Waals surface area (Å²) in [5.41, 5.74) is 0.807. The van der Waals surface area contributed by atoms with Gasteiger partial charge in [0.15, 0.2) is 0 Å². The van der Waals surface area contributed by atoms with E-state index in [1.54, 1.807) is 6.92 Å². The summed E-state index contributed by atoms with van der Waals surface area (Å²) in [6, 6.07) is 8.67. The number of nitrogens with one attached hydrogen (secondary N) is 1. The number of hydrogen-bond donors (Lipinski definition) is 2. The van der Waals surface area contributed by atoms with Crippen LogP contribution < -0.4 is 5.32 Å². The van der Waals surface area contributed by atoms with Gasteiger partial charge >= 0.3 is 5.97 Å². The number of aliphatic carboxylic acids is 1. The summed E-state index contributed by atoms with van der Waals surface area (Å²) >= 11 is 1.41. The van der Waals surface area contributed by atoms with Gasteiger partial charge in [-0.05, 0) is 18.7 Å². The van der Waals surface area contributed by atoms with Gasteiger partial charge in [0, 0.05) is 0 Å². The number of carboxylic acid groups (broad SMARTS) is 1. The molecule has 98 valence electrons. The predicted octanol–water partition coefficient (Wildman–Crippen LogP) is 1.93. The molecule has 0 radical (unpaired) electrons. The molecule has 0 aliphatic heterocycles. The first-order valence-electron chi connectivity index (χ1n) is 5.62. The minimum Gasteiger partial charge on any atom is -0.481 e. The highest BCUT2D eigenvalue weighted by Gasteiger charge is 2.26. The van der Waals surface area contributed by atoms with Crippen molar-refractivity contribution >= 4 is 23.6 Å². The van der Waals surface area contributed by atoms with E-state index < -0.39 is 17.9 Å². The highest BCUT2D eigenvalue weighted by Crippen LogP contribution is 2.22. The first-order valence-corrected chi connectivity index (χ1v) is 7.01. The minimum absolute atomic E-state index is 0.149. The van der Waals surface area contributed by atoms with E-state index in [9.17, 15) is 9.59 Å². The Kier molecular flexibility index (Phi) is 5.71. The summed E-state index contributed by atoms with van der Waals surface area (Å²) in [6.07, 6.45) is 1.83. The molecule has 0 heterocycles. The second kappa shape index (κ2) is 7.06. The maximum atomic E-state index is 11.6. The van der Waals surface area contributed by atoms with E-state index >= 15 is 0 Å². The fraction of sp³-hybridized carbons (Fsp3) is 0.385. The second-order valence-corrected chi connectivity index (χ2v) is 4.88. The van der Waals surface area contributed by atoms with Crippen LogP contribution in [0.25, 0.3) is 0 Å². The summed E-state index contributed by atoms with van der Waals surface area (Å²) in [5.74, 6) is -1.41. The molecule has 0 aliphatic rings. The summed E-state index contributed by atoms with van der Waals surface area (Å²) in [5, 5.41) is 11.9. The summed E-state index contributed by atoms with van der Waals surface area (Å²) in [4.78, 5) is 22.7. The van der Waals surface area contributed by atoms with Crippen molar-refractivity contribution in [2.45, 2.75) is 13.0 Å². The third-order valence-electron chi connectivity index (χ3n) is 2.64. The molecule has 1 aromatic rings. The summed E-state index contributed by atoms with van der Waals surface area (Å²) in [6.45, 7) is 1.60. The van der Waals surface area contributed by atoms with Gasteiger partial charge in [-0.2, -0.15) is 11.8 Å². The van der Waals surface area contributed by atoms with Crippen LogP contribution in [0.2, 0.25) is 0 Å². The van der Waals surface area contributed by atoms with Gasteiger partial charge in [-0.15, -0.1) is 0 Å². The predicted molar refractivity (Wildman–Crippen MR) is 72.5 cm³/mol. The van der Waals surface area contributed by atoms with Crippen molar-refractivity contribution in [1.29, 1.82) is 0 Å². The van der Waals surface area contributed by atoms with Gasteiger partial charge in [0.2, 0.25) is 5.91 Å². The van der Waals surface area contributed by atoms with Gasteiger partial charge in [-0.1, -0.05) is 30.3 Å². The molecule has 0 aromatic heterocycles. The molecule has 4 nitrogen and oxygen atoms in total. The maximum absolute atomic E-state index is 11.6. The molecule has 0 spiro atoms. The monoisotopic (exact) mass is 267 g/mol. The number of carbonyl (C=O) groups is 2.